The van der Waals surface area contributed by atoms with E-state index in [9.17, 15) is 8.78 Å². The molecule has 0 amide bonds. The van der Waals surface area contributed by atoms with E-state index in [0.29, 0.717) is 10.0 Å². The summed E-state index contributed by atoms with van der Waals surface area (Å²) in [5.41, 5.74) is 0.308. The average molecular weight is 340 g/mol. The van der Waals surface area contributed by atoms with E-state index in [4.69, 9.17) is 5.41 Å². The van der Waals surface area contributed by atoms with Gasteiger partial charge in [0.15, 0.2) is 0 Å². The second-order valence-corrected chi connectivity index (χ2v) is 6.54. The lowest BCUT2D eigenvalue weighted by atomic mass is 10.2. The van der Waals surface area contributed by atoms with Gasteiger partial charge in [0.25, 0.3) is 0 Å². The van der Waals surface area contributed by atoms with Gasteiger partial charge in [-0.05, 0) is 28.1 Å². The van der Waals surface area contributed by atoms with Crippen LogP contribution >= 0.6 is 28.6 Å². The Kier molecular flexibility index (Phi) is 7.47. The maximum atomic E-state index is 11.9. The van der Waals surface area contributed by atoms with Crippen LogP contribution in [0.2, 0.25) is 0 Å². The van der Waals surface area contributed by atoms with E-state index < -0.39 is 6.61 Å². The number of ether oxygens (including phenoxy) is 1. The molecule has 0 saturated carbocycles. The Hall–Kier alpha value is -0.620. The van der Waals surface area contributed by atoms with Gasteiger partial charge in [-0.2, -0.15) is 21.4 Å². The molecule has 18 heavy (non-hydrogen) atoms. The molecule has 1 rings (SSSR count). The van der Waals surface area contributed by atoms with Gasteiger partial charge in [-0.15, -0.1) is 0 Å². The number of hydrogen-bond donors (Lipinski definition) is 2. The van der Waals surface area contributed by atoms with E-state index in [1.807, 2.05) is 0 Å². The first-order chi connectivity index (χ1) is 8.15. The lowest BCUT2D eigenvalue weighted by Crippen LogP contribution is -2.04. The largest absolute Gasteiger partial charge is 0.434 e. The van der Waals surface area contributed by atoms with Crippen LogP contribution in [0, 0.1) is 5.41 Å². The molecule has 6 heteroatoms. The van der Waals surface area contributed by atoms with Gasteiger partial charge in [-0.3, -0.25) is 0 Å². The van der Waals surface area contributed by atoms with Crippen molar-refractivity contribution < 1.29 is 13.5 Å². The standard InChI is InChI=1S/C8H6BrF2NO.C4H10S/c9-6-2-1-3-7(5(6)4-12)13-8(10)11;1-4(2,3)5/h1-4,8,12H;5H,1-3H3. The average Bonchev–Trinajstić information content (AvgIpc) is 2.14. The highest BCUT2D eigenvalue weighted by molar-refractivity contribution is 9.10. The number of alkyl halides is 2. The third kappa shape index (κ3) is 8.47. The molecular formula is C12H16BrF2NOS. The van der Waals surface area contributed by atoms with Crippen LogP contribution in [-0.4, -0.2) is 17.6 Å². The van der Waals surface area contributed by atoms with Gasteiger partial charge < -0.3 is 10.1 Å². The predicted molar refractivity (Wildman–Crippen MR) is 77.4 cm³/mol. The van der Waals surface area contributed by atoms with Crippen molar-refractivity contribution in [3.63, 3.8) is 0 Å². The first-order valence-electron chi connectivity index (χ1n) is 5.11. The SMILES string of the molecule is CC(C)(C)S.N=Cc1c(Br)cccc1OC(F)F. The van der Waals surface area contributed by atoms with E-state index in [0.717, 1.165) is 6.21 Å². The molecule has 0 spiro atoms. The summed E-state index contributed by atoms with van der Waals surface area (Å²) in [6.45, 7) is 3.29. The van der Waals surface area contributed by atoms with Crippen LogP contribution in [0.5, 0.6) is 5.75 Å². The van der Waals surface area contributed by atoms with Gasteiger partial charge in [0.2, 0.25) is 0 Å². The first kappa shape index (κ1) is 17.4. The number of halogens is 3. The number of rotatable bonds is 3. The van der Waals surface area contributed by atoms with Gasteiger partial charge in [0.05, 0.1) is 0 Å². The fourth-order valence-electron chi connectivity index (χ4n) is 0.856. The van der Waals surface area contributed by atoms with Crippen molar-refractivity contribution in [1.29, 1.82) is 5.41 Å². The fraction of sp³-hybridized carbons (Fsp3) is 0.417. The molecule has 0 aliphatic heterocycles. The van der Waals surface area contributed by atoms with Crippen molar-refractivity contribution in [2.45, 2.75) is 32.1 Å². The maximum absolute atomic E-state index is 11.9. The van der Waals surface area contributed by atoms with E-state index in [-0.39, 0.29) is 10.5 Å². The molecule has 1 aromatic rings. The summed E-state index contributed by atoms with van der Waals surface area (Å²) in [7, 11) is 0. The third-order valence-electron chi connectivity index (χ3n) is 1.37. The minimum atomic E-state index is -2.87. The van der Waals surface area contributed by atoms with E-state index in [1.54, 1.807) is 12.1 Å². The van der Waals surface area contributed by atoms with E-state index >= 15 is 0 Å². The Labute approximate surface area is 120 Å². The number of nitrogens with one attached hydrogen (secondary N) is 1. The van der Waals surface area contributed by atoms with Crippen LogP contribution in [0.25, 0.3) is 0 Å². The minimum absolute atomic E-state index is 0.000579. The Morgan fingerprint density at radius 3 is 2.28 bits per heavy atom. The molecule has 0 fully saturated rings. The number of benzene rings is 1. The Bertz CT molecular complexity index is 388. The van der Waals surface area contributed by atoms with Crippen LogP contribution in [0.4, 0.5) is 8.78 Å². The maximum Gasteiger partial charge on any atom is 0.387 e. The molecule has 0 aliphatic rings. The van der Waals surface area contributed by atoms with Crippen LogP contribution in [-0.2, 0) is 0 Å². The number of thiol groups is 1. The van der Waals surface area contributed by atoms with Crippen molar-refractivity contribution in [3.8, 4) is 5.75 Å². The second-order valence-electron chi connectivity index (χ2n) is 4.35. The highest BCUT2D eigenvalue weighted by atomic mass is 79.9. The first-order valence-corrected chi connectivity index (χ1v) is 6.35. The quantitative estimate of drug-likeness (QED) is 0.603. The van der Waals surface area contributed by atoms with E-state index in [2.05, 4.69) is 54.1 Å². The summed E-state index contributed by atoms with van der Waals surface area (Å²) >= 11 is 7.24. The Morgan fingerprint density at radius 1 is 1.39 bits per heavy atom. The molecule has 0 saturated heterocycles. The van der Waals surface area contributed by atoms with Crippen LogP contribution in [0.15, 0.2) is 22.7 Å². The third-order valence-corrected chi connectivity index (χ3v) is 2.06. The van der Waals surface area contributed by atoms with Crippen molar-refractivity contribution in [2.24, 2.45) is 0 Å². The summed E-state index contributed by atoms with van der Waals surface area (Å²) in [4.78, 5) is 0. The van der Waals surface area contributed by atoms with Gasteiger partial charge in [-0.1, -0.05) is 26.8 Å². The summed E-state index contributed by atoms with van der Waals surface area (Å²) in [5, 5.41) is 6.99. The summed E-state index contributed by atoms with van der Waals surface area (Å²) in [6, 6.07) is 4.60. The van der Waals surface area contributed by atoms with Crippen LogP contribution < -0.4 is 4.74 Å². The molecule has 0 atom stereocenters. The topological polar surface area (TPSA) is 33.1 Å². The zero-order chi connectivity index (χ0) is 14.3. The normalized spacial score (nSPS) is 10.7. The van der Waals surface area contributed by atoms with Gasteiger partial charge >= 0.3 is 6.61 Å². The monoisotopic (exact) mass is 339 g/mol. The lowest BCUT2D eigenvalue weighted by molar-refractivity contribution is -0.0499. The molecule has 0 radical (unpaired) electrons. The summed E-state index contributed by atoms with van der Waals surface area (Å²) < 4.78 is 28.7. The van der Waals surface area contributed by atoms with Crippen molar-refractivity contribution in [2.75, 3.05) is 0 Å². The molecule has 1 aromatic carbocycles. The van der Waals surface area contributed by atoms with Crippen molar-refractivity contribution in [3.05, 3.63) is 28.2 Å². The van der Waals surface area contributed by atoms with Crippen molar-refractivity contribution in [1.82, 2.24) is 0 Å². The van der Waals surface area contributed by atoms with Gasteiger partial charge in [0, 0.05) is 21.0 Å². The molecule has 102 valence electrons. The minimum Gasteiger partial charge on any atom is -0.434 e. The molecule has 0 aromatic heterocycles. The second kappa shape index (κ2) is 7.74. The predicted octanol–water partition coefficient (Wildman–Crippen LogP) is 4.76. The van der Waals surface area contributed by atoms with Gasteiger partial charge in [-0.25, -0.2) is 0 Å². The highest BCUT2D eigenvalue weighted by Crippen LogP contribution is 2.25. The van der Waals surface area contributed by atoms with Crippen LogP contribution in [0.3, 0.4) is 0 Å². The van der Waals surface area contributed by atoms with Crippen LogP contribution in [0.1, 0.15) is 26.3 Å². The summed E-state index contributed by atoms with van der Waals surface area (Å²) in [5.74, 6) is -0.000579. The Morgan fingerprint density at radius 2 is 1.89 bits per heavy atom. The molecule has 0 bridgehead atoms. The Balaban J connectivity index is 0.000000494. The number of hydrogen-bond acceptors (Lipinski definition) is 3. The zero-order valence-corrected chi connectivity index (χ0v) is 12.9. The van der Waals surface area contributed by atoms with Crippen molar-refractivity contribution >= 4 is 34.8 Å². The molecule has 1 N–H and O–H groups in total. The molecule has 0 aliphatic carbocycles. The lowest BCUT2D eigenvalue weighted by Gasteiger charge is -2.08. The molecule has 0 unspecified atom stereocenters. The van der Waals surface area contributed by atoms with Gasteiger partial charge in [0.1, 0.15) is 5.75 Å². The molecule has 2 nitrogen and oxygen atoms in total. The summed E-state index contributed by atoms with van der Waals surface area (Å²) in [6.07, 6.45) is 0.960. The molecule has 0 heterocycles. The van der Waals surface area contributed by atoms with E-state index in [1.165, 1.54) is 6.07 Å². The smallest absolute Gasteiger partial charge is 0.387 e. The fourth-order valence-corrected chi connectivity index (χ4v) is 1.32. The molecular weight excluding hydrogens is 324 g/mol. The highest BCUT2D eigenvalue weighted by Gasteiger charge is 2.09. The zero-order valence-electron chi connectivity index (χ0n) is 10.4.